The molecule has 1 nitrogen and oxygen atoms in total. The first-order valence-electron chi connectivity index (χ1n) is 5.48. The highest BCUT2D eigenvalue weighted by Crippen LogP contribution is 2.29. The molecule has 0 spiro atoms. The van der Waals surface area contributed by atoms with Crippen LogP contribution in [-0.2, 0) is 0 Å². The highest BCUT2D eigenvalue weighted by molar-refractivity contribution is 9.09. The minimum Gasteiger partial charge on any atom is -0.493 e. The summed E-state index contributed by atoms with van der Waals surface area (Å²) in [5, 5.41) is 2.10. The highest BCUT2D eigenvalue weighted by Gasteiger charge is 2.24. The van der Waals surface area contributed by atoms with Crippen LogP contribution < -0.4 is 4.74 Å². The Kier molecular flexibility index (Phi) is 5.62. The molecule has 0 aliphatic rings. The van der Waals surface area contributed by atoms with E-state index in [4.69, 9.17) is 27.9 Å². The lowest BCUT2D eigenvalue weighted by atomic mass is 9.83. The van der Waals surface area contributed by atoms with Crippen LogP contribution in [0.5, 0.6) is 5.75 Å². The normalized spacial score (nSPS) is 13.5. The zero-order valence-electron chi connectivity index (χ0n) is 10.3. The molecule has 96 valence electrons. The van der Waals surface area contributed by atoms with Crippen molar-refractivity contribution in [3.63, 3.8) is 0 Å². The summed E-state index contributed by atoms with van der Waals surface area (Å²) < 4.78 is 5.75. The summed E-state index contributed by atoms with van der Waals surface area (Å²) in [5.74, 6) is 1.15. The molecule has 1 aromatic rings. The maximum atomic E-state index is 5.92. The lowest BCUT2D eigenvalue weighted by molar-refractivity contribution is 0.166. The minimum absolute atomic E-state index is 0.200. The molecule has 0 N–H and O–H groups in total. The molecule has 1 rings (SSSR count). The Labute approximate surface area is 122 Å². The molecule has 17 heavy (non-hydrogen) atoms. The summed E-state index contributed by atoms with van der Waals surface area (Å²) in [5.41, 5.74) is 0.200. The van der Waals surface area contributed by atoms with Gasteiger partial charge in [-0.05, 0) is 23.6 Å². The standard InChI is InChI=1S/C13H17BrCl2O/c1-13(2,3)9(7-14)8-17-12-5-10(15)4-11(16)6-12/h4-6,9H,7-8H2,1-3H3. The van der Waals surface area contributed by atoms with E-state index in [2.05, 4.69) is 36.7 Å². The molecular formula is C13H17BrCl2O. The molecule has 1 unspecified atom stereocenters. The molecule has 0 amide bonds. The summed E-state index contributed by atoms with van der Waals surface area (Å²) in [6.45, 7) is 7.25. The molecule has 4 heteroatoms. The fourth-order valence-electron chi connectivity index (χ4n) is 1.33. The molecule has 0 saturated heterocycles. The van der Waals surface area contributed by atoms with Gasteiger partial charge in [-0.25, -0.2) is 0 Å². The Balaban J connectivity index is 2.66. The van der Waals surface area contributed by atoms with Crippen molar-refractivity contribution < 1.29 is 4.74 Å². The molecule has 0 bridgehead atoms. The van der Waals surface area contributed by atoms with Gasteiger partial charge in [0.15, 0.2) is 0 Å². The number of hydrogen-bond donors (Lipinski definition) is 0. The van der Waals surface area contributed by atoms with Crippen molar-refractivity contribution in [3.8, 4) is 5.75 Å². The van der Waals surface area contributed by atoms with Crippen LogP contribution in [0.2, 0.25) is 10.0 Å². The van der Waals surface area contributed by atoms with Crippen LogP contribution in [0.1, 0.15) is 20.8 Å². The molecule has 0 saturated carbocycles. The Morgan fingerprint density at radius 1 is 1.18 bits per heavy atom. The molecule has 1 aromatic carbocycles. The summed E-state index contributed by atoms with van der Waals surface area (Å²) >= 11 is 15.4. The first-order chi connectivity index (χ1) is 7.82. The summed E-state index contributed by atoms with van der Waals surface area (Å²) in [6.07, 6.45) is 0. The van der Waals surface area contributed by atoms with Crippen LogP contribution in [0.25, 0.3) is 0 Å². The first-order valence-corrected chi connectivity index (χ1v) is 7.35. The molecule has 0 radical (unpaired) electrons. The summed E-state index contributed by atoms with van der Waals surface area (Å²) in [7, 11) is 0. The topological polar surface area (TPSA) is 9.23 Å². The van der Waals surface area contributed by atoms with Crippen molar-refractivity contribution in [2.24, 2.45) is 11.3 Å². The molecule has 0 fully saturated rings. The fraction of sp³-hybridized carbons (Fsp3) is 0.538. The van der Waals surface area contributed by atoms with Crippen LogP contribution in [0, 0.1) is 11.3 Å². The Bertz CT molecular complexity index is 354. The third-order valence-electron chi connectivity index (χ3n) is 2.70. The number of hydrogen-bond acceptors (Lipinski definition) is 1. The predicted molar refractivity (Wildman–Crippen MR) is 78.7 cm³/mol. The quantitative estimate of drug-likeness (QED) is 0.664. The van der Waals surface area contributed by atoms with Gasteiger partial charge >= 0.3 is 0 Å². The average Bonchev–Trinajstić information content (AvgIpc) is 2.14. The second-order valence-corrected chi connectivity index (χ2v) is 6.65. The van der Waals surface area contributed by atoms with E-state index in [1.807, 2.05) is 0 Å². The van der Waals surface area contributed by atoms with Gasteiger partial charge in [-0.1, -0.05) is 59.9 Å². The van der Waals surface area contributed by atoms with Gasteiger partial charge in [0.05, 0.1) is 6.61 Å². The Morgan fingerprint density at radius 2 is 1.71 bits per heavy atom. The third kappa shape index (κ3) is 5.07. The minimum atomic E-state index is 0.200. The van der Waals surface area contributed by atoms with Crippen LogP contribution >= 0.6 is 39.1 Å². The van der Waals surface area contributed by atoms with Gasteiger partial charge in [0.25, 0.3) is 0 Å². The van der Waals surface area contributed by atoms with E-state index < -0.39 is 0 Å². The van der Waals surface area contributed by atoms with Crippen molar-refractivity contribution in [2.75, 3.05) is 11.9 Å². The van der Waals surface area contributed by atoms with E-state index in [0.29, 0.717) is 22.6 Å². The fourth-order valence-corrected chi connectivity index (χ4v) is 3.00. The highest BCUT2D eigenvalue weighted by atomic mass is 79.9. The van der Waals surface area contributed by atoms with E-state index in [9.17, 15) is 0 Å². The predicted octanol–water partition coefficient (Wildman–Crippen LogP) is 5.43. The van der Waals surface area contributed by atoms with Crippen molar-refractivity contribution in [2.45, 2.75) is 20.8 Å². The van der Waals surface area contributed by atoms with Gasteiger partial charge in [0, 0.05) is 21.3 Å². The average molecular weight is 340 g/mol. The van der Waals surface area contributed by atoms with E-state index in [0.717, 1.165) is 11.1 Å². The number of rotatable bonds is 4. The maximum absolute atomic E-state index is 5.92. The number of alkyl halides is 1. The van der Waals surface area contributed by atoms with Crippen molar-refractivity contribution >= 4 is 39.1 Å². The number of halogens is 3. The van der Waals surface area contributed by atoms with Crippen LogP contribution in [0.4, 0.5) is 0 Å². The van der Waals surface area contributed by atoms with Crippen molar-refractivity contribution in [1.82, 2.24) is 0 Å². The smallest absolute Gasteiger partial charge is 0.122 e. The van der Waals surface area contributed by atoms with Gasteiger partial charge in [-0.15, -0.1) is 0 Å². The molecule has 0 aromatic heterocycles. The lowest BCUT2D eigenvalue weighted by Crippen LogP contribution is -2.27. The molecular weight excluding hydrogens is 323 g/mol. The van der Waals surface area contributed by atoms with E-state index in [1.165, 1.54) is 0 Å². The van der Waals surface area contributed by atoms with Crippen LogP contribution in [0.3, 0.4) is 0 Å². The SMILES string of the molecule is CC(C)(C)C(CBr)COc1cc(Cl)cc(Cl)c1. The molecule has 1 atom stereocenters. The Morgan fingerprint density at radius 3 is 2.12 bits per heavy atom. The Hall–Kier alpha value is 0.0800. The van der Waals surface area contributed by atoms with Gasteiger partial charge in [-0.3, -0.25) is 0 Å². The summed E-state index contributed by atoms with van der Waals surface area (Å²) in [4.78, 5) is 0. The van der Waals surface area contributed by atoms with Gasteiger partial charge in [0.1, 0.15) is 5.75 Å². The van der Waals surface area contributed by atoms with Crippen LogP contribution in [-0.4, -0.2) is 11.9 Å². The second kappa shape index (κ2) is 6.31. The van der Waals surface area contributed by atoms with Gasteiger partial charge in [-0.2, -0.15) is 0 Å². The summed E-state index contributed by atoms with van der Waals surface area (Å²) in [6, 6.07) is 5.25. The first kappa shape index (κ1) is 15.1. The molecule has 0 aliphatic carbocycles. The van der Waals surface area contributed by atoms with Crippen molar-refractivity contribution in [1.29, 1.82) is 0 Å². The zero-order valence-corrected chi connectivity index (χ0v) is 13.4. The third-order valence-corrected chi connectivity index (χ3v) is 3.92. The van der Waals surface area contributed by atoms with Gasteiger partial charge in [0.2, 0.25) is 0 Å². The number of benzene rings is 1. The second-order valence-electron chi connectivity index (χ2n) is 5.13. The van der Waals surface area contributed by atoms with E-state index in [1.54, 1.807) is 18.2 Å². The maximum Gasteiger partial charge on any atom is 0.122 e. The monoisotopic (exact) mass is 338 g/mol. The zero-order chi connectivity index (χ0) is 13.1. The molecule has 0 aliphatic heterocycles. The number of ether oxygens (including phenoxy) is 1. The van der Waals surface area contributed by atoms with E-state index in [-0.39, 0.29) is 5.41 Å². The molecule has 0 heterocycles. The van der Waals surface area contributed by atoms with Gasteiger partial charge < -0.3 is 4.74 Å². The van der Waals surface area contributed by atoms with E-state index >= 15 is 0 Å². The van der Waals surface area contributed by atoms with Crippen LogP contribution in [0.15, 0.2) is 18.2 Å². The van der Waals surface area contributed by atoms with Crippen molar-refractivity contribution in [3.05, 3.63) is 28.2 Å². The lowest BCUT2D eigenvalue weighted by Gasteiger charge is -2.29. The largest absolute Gasteiger partial charge is 0.493 e.